The summed E-state index contributed by atoms with van der Waals surface area (Å²) in [6.07, 6.45) is 1.01. The predicted octanol–water partition coefficient (Wildman–Crippen LogP) is 3.49. The highest BCUT2D eigenvalue weighted by Crippen LogP contribution is 2.18. The maximum atomic E-state index is 13.5. The van der Waals surface area contributed by atoms with Crippen LogP contribution in [0.3, 0.4) is 0 Å². The molecular weight excluding hydrogens is 243 g/mol. The molecule has 4 nitrogen and oxygen atoms in total. The van der Waals surface area contributed by atoms with Gasteiger partial charge in [-0.25, -0.2) is 9.37 Å². The summed E-state index contributed by atoms with van der Waals surface area (Å²) >= 11 is 0. The predicted molar refractivity (Wildman–Crippen MR) is 75.2 cm³/mol. The number of anilines is 3. The second-order valence-corrected chi connectivity index (χ2v) is 4.25. The Bertz CT molecular complexity index is 557. The van der Waals surface area contributed by atoms with Crippen LogP contribution in [-0.4, -0.2) is 16.5 Å². The fourth-order valence-electron chi connectivity index (χ4n) is 1.65. The third-order valence-electron chi connectivity index (χ3n) is 2.53. The number of halogens is 1. The van der Waals surface area contributed by atoms with Gasteiger partial charge in [-0.05, 0) is 25.5 Å². The van der Waals surface area contributed by atoms with Crippen LogP contribution in [0.5, 0.6) is 0 Å². The van der Waals surface area contributed by atoms with Crippen LogP contribution in [0.4, 0.5) is 21.8 Å². The zero-order valence-corrected chi connectivity index (χ0v) is 11.1. The minimum absolute atomic E-state index is 0.323. The number of aryl methyl sites for hydroxylation is 1. The van der Waals surface area contributed by atoms with Gasteiger partial charge in [0.25, 0.3) is 0 Å². The van der Waals surface area contributed by atoms with Gasteiger partial charge in [0, 0.05) is 18.3 Å². The highest BCUT2D eigenvalue weighted by molar-refractivity contribution is 5.55. The molecule has 5 heteroatoms. The van der Waals surface area contributed by atoms with E-state index in [0.717, 1.165) is 24.5 Å². The molecule has 19 heavy (non-hydrogen) atoms. The van der Waals surface area contributed by atoms with Crippen LogP contribution in [0.15, 0.2) is 30.3 Å². The van der Waals surface area contributed by atoms with Gasteiger partial charge in [-0.15, -0.1) is 0 Å². The summed E-state index contributed by atoms with van der Waals surface area (Å²) in [5.74, 6) is 0.813. The first-order valence-corrected chi connectivity index (χ1v) is 6.30. The van der Waals surface area contributed by atoms with E-state index in [1.54, 1.807) is 18.2 Å². The molecule has 0 saturated heterocycles. The van der Waals surface area contributed by atoms with Crippen LogP contribution in [0.1, 0.15) is 19.0 Å². The van der Waals surface area contributed by atoms with Crippen molar-refractivity contribution >= 4 is 17.5 Å². The second kappa shape index (κ2) is 6.13. The first-order valence-electron chi connectivity index (χ1n) is 6.30. The van der Waals surface area contributed by atoms with Crippen molar-refractivity contribution in [3.8, 4) is 0 Å². The first-order chi connectivity index (χ1) is 9.19. The third-order valence-corrected chi connectivity index (χ3v) is 2.53. The molecule has 0 aliphatic rings. The number of nitrogens with zero attached hydrogens (tertiary/aromatic N) is 2. The quantitative estimate of drug-likeness (QED) is 0.864. The zero-order chi connectivity index (χ0) is 13.7. The molecule has 0 unspecified atom stereocenters. The normalized spacial score (nSPS) is 10.3. The Morgan fingerprint density at radius 2 is 2.00 bits per heavy atom. The lowest BCUT2D eigenvalue weighted by molar-refractivity contribution is 0.631. The highest BCUT2D eigenvalue weighted by Gasteiger charge is 2.05. The molecule has 0 bridgehead atoms. The molecule has 0 amide bonds. The number of rotatable bonds is 5. The number of para-hydroxylation sites is 1. The number of aromatic nitrogens is 2. The van der Waals surface area contributed by atoms with Crippen molar-refractivity contribution < 1.29 is 4.39 Å². The summed E-state index contributed by atoms with van der Waals surface area (Å²) in [6.45, 7) is 4.81. The average molecular weight is 260 g/mol. The van der Waals surface area contributed by atoms with Gasteiger partial charge in [0.1, 0.15) is 11.6 Å². The SMILES string of the molecule is CCCNc1cc(C)nc(Nc2ccccc2F)n1. The minimum atomic E-state index is -0.323. The van der Waals surface area contributed by atoms with Gasteiger partial charge in [-0.1, -0.05) is 19.1 Å². The maximum Gasteiger partial charge on any atom is 0.229 e. The molecule has 0 radical (unpaired) electrons. The van der Waals surface area contributed by atoms with Crippen LogP contribution in [0, 0.1) is 12.7 Å². The Morgan fingerprint density at radius 3 is 2.74 bits per heavy atom. The van der Waals surface area contributed by atoms with Gasteiger partial charge in [0.05, 0.1) is 5.69 Å². The van der Waals surface area contributed by atoms with E-state index in [4.69, 9.17) is 0 Å². The van der Waals surface area contributed by atoms with Crippen molar-refractivity contribution in [2.75, 3.05) is 17.2 Å². The molecule has 2 N–H and O–H groups in total. The van der Waals surface area contributed by atoms with Crippen molar-refractivity contribution in [2.24, 2.45) is 0 Å². The van der Waals surface area contributed by atoms with E-state index >= 15 is 0 Å². The number of hydrogen-bond acceptors (Lipinski definition) is 4. The van der Waals surface area contributed by atoms with Crippen molar-refractivity contribution in [1.29, 1.82) is 0 Å². The van der Waals surface area contributed by atoms with Gasteiger partial charge in [-0.3, -0.25) is 0 Å². The Balaban J connectivity index is 2.20. The Labute approximate surface area is 112 Å². The smallest absolute Gasteiger partial charge is 0.229 e. The standard InChI is InChI=1S/C14H17FN4/c1-3-8-16-13-9-10(2)17-14(19-13)18-12-7-5-4-6-11(12)15/h4-7,9H,3,8H2,1-2H3,(H2,16,17,18,19). The van der Waals surface area contributed by atoms with Gasteiger partial charge in [0.2, 0.25) is 5.95 Å². The van der Waals surface area contributed by atoms with E-state index in [1.165, 1.54) is 6.07 Å². The summed E-state index contributed by atoms with van der Waals surface area (Å²) in [5.41, 5.74) is 1.20. The molecule has 0 aliphatic carbocycles. The van der Waals surface area contributed by atoms with Gasteiger partial charge in [-0.2, -0.15) is 4.98 Å². The summed E-state index contributed by atoms with van der Waals surface area (Å²) in [6, 6.07) is 8.32. The summed E-state index contributed by atoms with van der Waals surface area (Å²) in [4.78, 5) is 8.56. The molecule has 1 aromatic heterocycles. The van der Waals surface area contributed by atoms with Crippen LogP contribution < -0.4 is 10.6 Å². The Kier molecular flexibility index (Phi) is 4.28. The summed E-state index contributed by atoms with van der Waals surface area (Å²) in [7, 11) is 0. The fraction of sp³-hybridized carbons (Fsp3) is 0.286. The van der Waals surface area contributed by atoms with Crippen molar-refractivity contribution in [3.05, 3.63) is 41.8 Å². The monoisotopic (exact) mass is 260 g/mol. The Morgan fingerprint density at radius 1 is 1.21 bits per heavy atom. The summed E-state index contributed by atoms with van der Waals surface area (Å²) in [5, 5.41) is 6.08. The van der Waals surface area contributed by atoms with Gasteiger partial charge >= 0.3 is 0 Å². The van der Waals surface area contributed by atoms with E-state index < -0.39 is 0 Å². The van der Waals surface area contributed by atoms with Crippen molar-refractivity contribution in [3.63, 3.8) is 0 Å². The summed E-state index contributed by atoms with van der Waals surface area (Å²) < 4.78 is 13.5. The van der Waals surface area contributed by atoms with Crippen LogP contribution in [0.25, 0.3) is 0 Å². The molecule has 2 rings (SSSR count). The molecule has 1 heterocycles. The van der Waals surface area contributed by atoms with E-state index in [-0.39, 0.29) is 5.82 Å². The molecule has 0 saturated carbocycles. The lowest BCUT2D eigenvalue weighted by atomic mass is 10.3. The molecule has 0 atom stereocenters. The first kappa shape index (κ1) is 13.3. The van der Waals surface area contributed by atoms with E-state index in [9.17, 15) is 4.39 Å². The third kappa shape index (κ3) is 3.64. The molecule has 100 valence electrons. The zero-order valence-electron chi connectivity index (χ0n) is 11.1. The van der Waals surface area contributed by atoms with Gasteiger partial charge in [0.15, 0.2) is 0 Å². The van der Waals surface area contributed by atoms with E-state index in [1.807, 2.05) is 13.0 Å². The van der Waals surface area contributed by atoms with Gasteiger partial charge < -0.3 is 10.6 Å². The molecule has 0 fully saturated rings. The Hall–Kier alpha value is -2.17. The van der Waals surface area contributed by atoms with E-state index in [0.29, 0.717) is 11.6 Å². The fourth-order valence-corrected chi connectivity index (χ4v) is 1.65. The van der Waals surface area contributed by atoms with Crippen LogP contribution >= 0.6 is 0 Å². The maximum absolute atomic E-state index is 13.5. The van der Waals surface area contributed by atoms with Crippen LogP contribution in [-0.2, 0) is 0 Å². The number of nitrogens with one attached hydrogen (secondary N) is 2. The molecule has 2 aromatic rings. The topological polar surface area (TPSA) is 49.8 Å². The molecule has 0 aliphatic heterocycles. The number of benzene rings is 1. The van der Waals surface area contributed by atoms with Crippen LogP contribution in [0.2, 0.25) is 0 Å². The highest BCUT2D eigenvalue weighted by atomic mass is 19.1. The lowest BCUT2D eigenvalue weighted by Crippen LogP contribution is -2.06. The number of hydrogen-bond donors (Lipinski definition) is 2. The minimum Gasteiger partial charge on any atom is -0.370 e. The molecule has 0 spiro atoms. The van der Waals surface area contributed by atoms with Crippen molar-refractivity contribution in [1.82, 2.24) is 9.97 Å². The molecule has 1 aromatic carbocycles. The van der Waals surface area contributed by atoms with Crippen molar-refractivity contribution in [2.45, 2.75) is 20.3 Å². The second-order valence-electron chi connectivity index (χ2n) is 4.25. The lowest BCUT2D eigenvalue weighted by Gasteiger charge is -2.09. The average Bonchev–Trinajstić information content (AvgIpc) is 2.38. The largest absolute Gasteiger partial charge is 0.370 e. The van der Waals surface area contributed by atoms with E-state index in [2.05, 4.69) is 27.5 Å². The molecular formula is C14H17FN4.